The summed E-state index contributed by atoms with van der Waals surface area (Å²) in [6.45, 7) is 5.87. The number of carbonyl (C=O) groups is 1. The van der Waals surface area contributed by atoms with E-state index in [1.165, 1.54) is 4.31 Å². The molecule has 2 N–H and O–H groups in total. The van der Waals surface area contributed by atoms with Crippen molar-refractivity contribution in [3.05, 3.63) is 0 Å². The molecule has 7 heteroatoms. The minimum Gasteiger partial charge on any atom is -0.480 e. The number of hydrogen-bond acceptors (Lipinski definition) is 3. The highest BCUT2D eigenvalue weighted by Crippen LogP contribution is 2.03. The predicted octanol–water partition coefficient (Wildman–Crippen LogP) is 0.416. The van der Waals surface area contributed by atoms with E-state index in [0.29, 0.717) is 19.5 Å². The van der Waals surface area contributed by atoms with Crippen LogP contribution in [-0.4, -0.2) is 42.9 Å². The van der Waals surface area contributed by atoms with Gasteiger partial charge in [0.15, 0.2) is 0 Å². The van der Waals surface area contributed by atoms with Crippen LogP contribution in [0, 0.1) is 0 Å². The van der Waals surface area contributed by atoms with Crippen LogP contribution in [0.4, 0.5) is 0 Å². The molecule has 0 rings (SSSR count). The summed E-state index contributed by atoms with van der Waals surface area (Å²) in [4.78, 5) is 10.8. The molecule has 0 amide bonds. The average Bonchev–Trinajstić information content (AvgIpc) is 2.18. The predicted molar refractivity (Wildman–Crippen MR) is 61.3 cm³/mol. The van der Waals surface area contributed by atoms with Gasteiger partial charge in [-0.3, -0.25) is 4.79 Å². The Hall–Kier alpha value is -0.660. The third kappa shape index (κ3) is 4.46. The number of carboxylic acid groups (broad SMARTS) is 1. The summed E-state index contributed by atoms with van der Waals surface area (Å²) >= 11 is 0. The fourth-order valence-electron chi connectivity index (χ4n) is 1.34. The molecule has 0 aliphatic carbocycles. The lowest BCUT2D eigenvalue weighted by Crippen LogP contribution is -2.48. The van der Waals surface area contributed by atoms with Gasteiger partial charge in [0.05, 0.1) is 0 Å². The first-order valence-electron chi connectivity index (χ1n) is 5.39. The van der Waals surface area contributed by atoms with Gasteiger partial charge in [-0.15, -0.1) is 0 Å². The molecule has 16 heavy (non-hydrogen) atoms. The Labute approximate surface area is 96.8 Å². The van der Waals surface area contributed by atoms with Crippen molar-refractivity contribution in [3.8, 4) is 0 Å². The van der Waals surface area contributed by atoms with E-state index in [4.69, 9.17) is 5.11 Å². The Balaban J connectivity index is 4.71. The van der Waals surface area contributed by atoms with Gasteiger partial charge in [-0.25, -0.2) is 0 Å². The highest BCUT2D eigenvalue weighted by atomic mass is 32.2. The maximum atomic E-state index is 11.7. The van der Waals surface area contributed by atoms with Crippen LogP contribution < -0.4 is 4.72 Å². The van der Waals surface area contributed by atoms with Gasteiger partial charge >= 0.3 is 5.97 Å². The van der Waals surface area contributed by atoms with E-state index < -0.39 is 22.2 Å². The Morgan fingerprint density at radius 1 is 1.31 bits per heavy atom. The van der Waals surface area contributed by atoms with E-state index in [1.54, 1.807) is 13.8 Å². The Morgan fingerprint density at radius 3 is 2.12 bits per heavy atom. The van der Waals surface area contributed by atoms with Crippen molar-refractivity contribution < 1.29 is 18.3 Å². The van der Waals surface area contributed by atoms with E-state index in [0.717, 1.165) is 0 Å². The summed E-state index contributed by atoms with van der Waals surface area (Å²) < 4.78 is 26.9. The maximum Gasteiger partial charge on any atom is 0.321 e. The molecule has 0 aromatic carbocycles. The summed E-state index contributed by atoms with van der Waals surface area (Å²) in [6.07, 6.45) is 0.896. The molecule has 0 unspecified atom stereocenters. The van der Waals surface area contributed by atoms with Gasteiger partial charge in [-0.1, -0.05) is 27.2 Å². The molecule has 0 radical (unpaired) electrons. The van der Waals surface area contributed by atoms with Crippen molar-refractivity contribution in [2.75, 3.05) is 13.1 Å². The monoisotopic (exact) mass is 252 g/mol. The van der Waals surface area contributed by atoms with Crippen molar-refractivity contribution in [1.82, 2.24) is 9.03 Å². The standard InChI is InChI=1S/C9H20N2O4S/c1-4-7-8(9(12)13)10-16(14,15)11(5-2)6-3/h8,10H,4-7H2,1-3H3,(H,12,13)/t8-/m1/s1. The van der Waals surface area contributed by atoms with Crippen LogP contribution in [0.1, 0.15) is 33.6 Å². The van der Waals surface area contributed by atoms with Gasteiger partial charge in [0.2, 0.25) is 0 Å². The Morgan fingerprint density at radius 2 is 1.81 bits per heavy atom. The minimum atomic E-state index is -3.69. The molecule has 0 saturated carbocycles. The van der Waals surface area contributed by atoms with Gasteiger partial charge in [-0.05, 0) is 6.42 Å². The Kier molecular flexibility index (Phi) is 6.54. The van der Waals surface area contributed by atoms with E-state index in [2.05, 4.69) is 4.72 Å². The zero-order valence-electron chi connectivity index (χ0n) is 9.93. The van der Waals surface area contributed by atoms with E-state index in [9.17, 15) is 13.2 Å². The van der Waals surface area contributed by atoms with E-state index in [1.807, 2.05) is 6.92 Å². The number of hydrogen-bond donors (Lipinski definition) is 2. The first-order valence-corrected chi connectivity index (χ1v) is 6.83. The summed E-state index contributed by atoms with van der Waals surface area (Å²) in [5, 5.41) is 8.85. The molecular weight excluding hydrogens is 232 g/mol. The SMILES string of the molecule is CCC[C@@H](NS(=O)(=O)N(CC)CC)C(=O)O. The molecule has 0 aromatic heterocycles. The van der Waals surface area contributed by atoms with E-state index in [-0.39, 0.29) is 6.42 Å². The minimum absolute atomic E-state index is 0.288. The second kappa shape index (κ2) is 6.82. The summed E-state index contributed by atoms with van der Waals surface area (Å²) in [6, 6.07) is -1.05. The molecule has 0 fully saturated rings. The van der Waals surface area contributed by atoms with Crippen molar-refractivity contribution in [2.45, 2.75) is 39.7 Å². The highest BCUT2D eigenvalue weighted by molar-refractivity contribution is 7.87. The summed E-state index contributed by atoms with van der Waals surface area (Å²) in [5.41, 5.74) is 0. The number of carboxylic acids is 1. The lowest BCUT2D eigenvalue weighted by Gasteiger charge is -2.21. The molecule has 96 valence electrons. The summed E-state index contributed by atoms with van der Waals surface area (Å²) in [7, 11) is -3.69. The van der Waals surface area contributed by atoms with Crippen LogP contribution in [0.15, 0.2) is 0 Å². The molecule has 0 spiro atoms. The second-order valence-corrected chi connectivity index (χ2v) is 5.09. The van der Waals surface area contributed by atoms with Gasteiger partial charge in [0.1, 0.15) is 6.04 Å². The molecule has 0 aromatic rings. The van der Waals surface area contributed by atoms with Crippen LogP contribution in [0.2, 0.25) is 0 Å². The first-order chi connectivity index (χ1) is 7.38. The highest BCUT2D eigenvalue weighted by Gasteiger charge is 2.26. The van der Waals surface area contributed by atoms with Crippen molar-refractivity contribution in [2.24, 2.45) is 0 Å². The van der Waals surface area contributed by atoms with Crippen LogP contribution in [0.25, 0.3) is 0 Å². The third-order valence-electron chi connectivity index (χ3n) is 2.21. The van der Waals surface area contributed by atoms with Crippen LogP contribution in [0.3, 0.4) is 0 Å². The average molecular weight is 252 g/mol. The normalized spacial score (nSPS) is 14.0. The topological polar surface area (TPSA) is 86.7 Å². The van der Waals surface area contributed by atoms with Crippen molar-refractivity contribution in [1.29, 1.82) is 0 Å². The molecule has 0 aliphatic rings. The van der Waals surface area contributed by atoms with Gasteiger partial charge in [0.25, 0.3) is 10.2 Å². The van der Waals surface area contributed by atoms with Crippen LogP contribution >= 0.6 is 0 Å². The van der Waals surface area contributed by atoms with Crippen molar-refractivity contribution in [3.63, 3.8) is 0 Å². The number of nitrogens with zero attached hydrogens (tertiary/aromatic N) is 1. The number of nitrogens with one attached hydrogen (secondary N) is 1. The fraction of sp³-hybridized carbons (Fsp3) is 0.889. The van der Waals surface area contributed by atoms with Gasteiger partial charge in [-0.2, -0.15) is 17.4 Å². The second-order valence-electron chi connectivity index (χ2n) is 3.39. The molecule has 0 heterocycles. The molecular formula is C9H20N2O4S. The first kappa shape index (κ1) is 15.3. The zero-order chi connectivity index (χ0) is 12.8. The molecule has 0 bridgehead atoms. The maximum absolute atomic E-state index is 11.7. The van der Waals surface area contributed by atoms with Gasteiger partial charge < -0.3 is 5.11 Å². The molecule has 0 saturated heterocycles. The largest absolute Gasteiger partial charge is 0.480 e. The quantitative estimate of drug-likeness (QED) is 0.655. The van der Waals surface area contributed by atoms with Crippen LogP contribution in [0.5, 0.6) is 0 Å². The Bertz CT molecular complexity index is 311. The van der Waals surface area contributed by atoms with Gasteiger partial charge in [0, 0.05) is 13.1 Å². The molecule has 1 atom stereocenters. The smallest absolute Gasteiger partial charge is 0.321 e. The van der Waals surface area contributed by atoms with E-state index >= 15 is 0 Å². The van der Waals surface area contributed by atoms with Crippen LogP contribution in [-0.2, 0) is 15.0 Å². The number of aliphatic carboxylic acids is 1. The number of rotatable bonds is 8. The fourth-order valence-corrected chi connectivity index (χ4v) is 2.75. The zero-order valence-corrected chi connectivity index (χ0v) is 10.7. The lowest BCUT2D eigenvalue weighted by atomic mass is 10.2. The molecule has 6 nitrogen and oxygen atoms in total. The third-order valence-corrected chi connectivity index (χ3v) is 3.99. The van der Waals surface area contributed by atoms with Crippen molar-refractivity contribution >= 4 is 16.2 Å². The summed E-state index contributed by atoms with van der Waals surface area (Å²) in [5.74, 6) is -1.14. The molecule has 0 aliphatic heterocycles. The lowest BCUT2D eigenvalue weighted by molar-refractivity contribution is -0.139.